The topological polar surface area (TPSA) is 134 Å². The van der Waals surface area contributed by atoms with Gasteiger partial charge >= 0.3 is 0 Å². The van der Waals surface area contributed by atoms with Crippen molar-refractivity contribution in [3.63, 3.8) is 0 Å². The molecule has 1 aromatic carbocycles. The molecule has 0 radical (unpaired) electrons. The SMILES string of the molecule is CC(C)C(C)CS(=O)(=O)NCCCn1c(Sc2cc3c(cc2I)OCO3)nc2c(N)ncnc21. The third-order valence-corrected chi connectivity index (χ3v) is 9.57. The average Bonchev–Trinajstić information content (AvgIpc) is 3.36. The summed E-state index contributed by atoms with van der Waals surface area (Å²) < 4.78 is 41.5. The number of hydrogen-bond acceptors (Lipinski definition) is 9. The summed E-state index contributed by atoms with van der Waals surface area (Å²) in [5.74, 6) is 2.21. The number of sulfonamides is 1. The first-order valence-corrected chi connectivity index (χ1v) is 14.4. The van der Waals surface area contributed by atoms with Crippen LogP contribution in [0.15, 0.2) is 28.5 Å². The van der Waals surface area contributed by atoms with Gasteiger partial charge in [-0.05, 0) is 53.0 Å². The highest BCUT2D eigenvalue weighted by Gasteiger charge is 2.21. The summed E-state index contributed by atoms with van der Waals surface area (Å²) in [6, 6.07) is 3.86. The highest BCUT2D eigenvalue weighted by molar-refractivity contribution is 14.1. The second-order valence-corrected chi connectivity index (χ2v) is 12.5. The van der Waals surface area contributed by atoms with Crippen LogP contribution in [0.2, 0.25) is 0 Å². The number of halogens is 1. The van der Waals surface area contributed by atoms with Crippen molar-refractivity contribution < 1.29 is 17.9 Å². The van der Waals surface area contributed by atoms with E-state index in [4.69, 9.17) is 20.2 Å². The molecule has 3 N–H and O–H groups in total. The zero-order chi connectivity index (χ0) is 24.5. The zero-order valence-electron chi connectivity index (χ0n) is 19.1. The molecule has 0 saturated carbocycles. The van der Waals surface area contributed by atoms with E-state index in [1.54, 1.807) is 0 Å². The number of fused-ring (bicyclic) bond motifs is 2. The van der Waals surface area contributed by atoms with Gasteiger partial charge in [0, 0.05) is 21.6 Å². The molecule has 1 aliphatic rings. The lowest BCUT2D eigenvalue weighted by Gasteiger charge is -2.16. The first-order valence-electron chi connectivity index (χ1n) is 10.9. The molecule has 0 fully saturated rings. The fraction of sp³-hybridized carbons (Fsp3) is 0.476. The van der Waals surface area contributed by atoms with Gasteiger partial charge in [0.2, 0.25) is 16.8 Å². The van der Waals surface area contributed by atoms with Crippen LogP contribution in [-0.2, 0) is 16.6 Å². The molecular weight excluding hydrogens is 591 g/mol. The van der Waals surface area contributed by atoms with E-state index in [1.165, 1.54) is 18.1 Å². The summed E-state index contributed by atoms with van der Waals surface area (Å²) in [6.45, 7) is 7.04. The maximum atomic E-state index is 12.4. The molecule has 10 nitrogen and oxygen atoms in total. The Balaban J connectivity index is 1.52. The van der Waals surface area contributed by atoms with E-state index in [0.29, 0.717) is 53.3 Å². The molecule has 0 aliphatic carbocycles. The Morgan fingerprint density at radius 2 is 1.97 bits per heavy atom. The van der Waals surface area contributed by atoms with Gasteiger partial charge in [-0.15, -0.1) is 0 Å². The van der Waals surface area contributed by atoms with Crippen LogP contribution >= 0.6 is 34.4 Å². The van der Waals surface area contributed by atoms with Gasteiger partial charge in [0.05, 0.1) is 5.75 Å². The molecule has 0 spiro atoms. The molecule has 1 atom stereocenters. The number of nitrogens with one attached hydrogen (secondary N) is 1. The number of aromatic nitrogens is 4. The number of hydrogen-bond donors (Lipinski definition) is 2. The van der Waals surface area contributed by atoms with Gasteiger partial charge in [-0.2, -0.15) is 0 Å². The quantitative estimate of drug-likeness (QED) is 0.259. The van der Waals surface area contributed by atoms with Crippen molar-refractivity contribution >= 4 is 61.4 Å². The second-order valence-electron chi connectivity index (χ2n) is 8.47. The molecule has 2 aromatic heterocycles. The van der Waals surface area contributed by atoms with E-state index in [1.807, 2.05) is 37.5 Å². The maximum absolute atomic E-state index is 12.4. The fourth-order valence-electron chi connectivity index (χ4n) is 3.35. The van der Waals surface area contributed by atoms with Crippen LogP contribution in [0, 0.1) is 15.4 Å². The predicted octanol–water partition coefficient (Wildman–Crippen LogP) is 3.49. The summed E-state index contributed by atoms with van der Waals surface area (Å²) in [5, 5.41) is 0.690. The van der Waals surface area contributed by atoms with Crippen LogP contribution in [0.3, 0.4) is 0 Å². The standard InChI is InChI=1S/C21H27IN6O4S2/c1-12(2)13(3)9-34(29,30)26-5-4-6-28-20-18(19(23)24-10-25-20)27-21(28)33-17-8-16-15(7-14(17)22)31-11-32-16/h7-8,10,12-13,26H,4-6,9,11H2,1-3H3,(H2,23,24,25). The maximum Gasteiger partial charge on any atom is 0.231 e. The molecule has 0 amide bonds. The third kappa shape index (κ3) is 5.69. The lowest BCUT2D eigenvalue weighted by Crippen LogP contribution is -2.31. The van der Waals surface area contributed by atoms with Crippen LogP contribution in [0.4, 0.5) is 5.82 Å². The average molecular weight is 619 g/mol. The molecule has 13 heteroatoms. The number of anilines is 1. The lowest BCUT2D eigenvalue weighted by atomic mass is 10.0. The van der Waals surface area contributed by atoms with Crippen LogP contribution in [-0.4, -0.2) is 47.0 Å². The van der Waals surface area contributed by atoms with E-state index in [0.717, 1.165) is 14.2 Å². The minimum Gasteiger partial charge on any atom is -0.454 e. The number of aryl methyl sites for hydroxylation is 1. The summed E-state index contributed by atoms with van der Waals surface area (Å²) in [6.07, 6.45) is 1.97. The minimum absolute atomic E-state index is 0.0851. The summed E-state index contributed by atoms with van der Waals surface area (Å²) in [7, 11) is -3.34. The van der Waals surface area contributed by atoms with E-state index in [-0.39, 0.29) is 18.5 Å². The Morgan fingerprint density at radius 1 is 1.24 bits per heavy atom. The molecule has 3 heterocycles. The van der Waals surface area contributed by atoms with E-state index in [9.17, 15) is 8.42 Å². The smallest absolute Gasteiger partial charge is 0.231 e. The molecule has 4 rings (SSSR count). The van der Waals surface area contributed by atoms with Crippen molar-refractivity contribution in [2.75, 3.05) is 24.8 Å². The Morgan fingerprint density at radius 3 is 2.71 bits per heavy atom. The Bertz CT molecular complexity index is 1300. The van der Waals surface area contributed by atoms with Crippen molar-refractivity contribution in [3.8, 4) is 11.5 Å². The Hall–Kier alpha value is -1.84. The van der Waals surface area contributed by atoms with E-state index in [2.05, 4.69) is 37.3 Å². The van der Waals surface area contributed by atoms with E-state index < -0.39 is 10.0 Å². The van der Waals surface area contributed by atoms with Gasteiger partial charge in [-0.1, -0.05) is 32.5 Å². The van der Waals surface area contributed by atoms with Crippen molar-refractivity contribution in [2.24, 2.45) is 11.8 Å². The van der Waals surface area contributed by atoms with Gasteiger partial charge in [0.25, 0.3) is 0 Å². The molecule has 184 valence electrons. The predicted molar refractivity (Wildman–Crippen MR) is 140 cm³/mol. The molecule has 1 unspecified atom stereocenters. The third-order valence-electron chi connectivity index (χ3n) is 5.65. The van der Waals surface area contributed by atoms with E-state index >= 15 is 0 Å². The molecule has 1 aliphatic heterocycles. The molecular formula is C21H27IN6O4S2. The first-order chi connectivity index (χ1) is 16.1. The molecule has 34 heavy (non-hydrogen) atoms. The Kier molecular flexibility index (Phi) is 7.74. The van der Waals surface area contributed by atoms with Crippen molar-refractivity contribution in [2.45, 2.75) is 43.8 Å². The van der Waals surface area contributed by atoms with Crippen LogP contribution < -0.4 is 19.9 Å². The number of ether oxygens (including phenoxy) is 2. The van der Waals surface area contributed by atoms with Crippen molar-refractivity contribution in [3.05, 3.63) is 22.0 Å². The zero-order valence-corrected chi connectivity index (χ0v) is 22.9. The number of nitrogen functional groups attached to an aromatic ring is 1. The van der Waals surface area contributed by atoms with Crippen LogP contribution in [0.5, 0.6) is 11.5 Å². The monoisotopic (exact) mass is 618 g/mol. The highest BCUT2D eigenvalue weighted by atomic mass is 127. The van der Waals surface area contributed by atoms with Gasteiger partial charge in [0.15, 0.2) is 33.6 Å². The molecule has 0 bridgehead atoms. The van der Waals surface area contributed by atoms with Gasteiger partial charge in [-0.25, -0.2) is 28.1 Å². The molecule has 0 saturated heterocycles. The first kappa shape index (κ1) is 25.3. The largest absolute Gasteiger partial charge is 0.454 e. The number of rotatable bonds is 10. The molecule has 3 aromatic rings. The number of benzene rings is 1. The number of nitrogens with two attached hydrogens (primary N) is 1. The second kappa shape index (κ2) is 10.4. The fourth-order valence-corrected chi connectivity index (χ4v) is 6.71. The van der Waals surface area contributed by atoms with Crippen molar-refractivity contribution in [1.29, 1.82) is 0 Å². The number of imidazole rings is 1. The summed E-state index contributed by atoms with van der Waals surface area (Å²) >= 11 is 3.72. The summed E-state index contributed by atoms with van der Waals surface area (Å²) in [5.41, 5.74) is 7.19. The van der Waals surface area contributed by atoms with Crippen LogP contribution in [0.1, 0.15) is 27.2 Å². The normalized spacial score (nSPS) is 14.3. The minimum atomic E-state index is -3.34. The van der Waals surface area contributed by atoms with Crippen molar-refractivity contribution in [1.82, 2.24) is 24.2 Å². The summed E-state index contributed by atoms with van der Waals surface area (Å²) in [4.78, 5) is 14.1. The number of nitrogens with zero attached hydrogens (tertiary/aromatic N) is 4. The van der Waals surface area contributed by atoms with Crippen LogP contribution in [0.25, 0.3) is 11.2 Å². The highest BCUT2D eigenvalue weighted by Crippen LogP contribution is 2.41. The Labute approximate surface area is 216 Å². The lowest BCUT2D eigenvalue weighted by molar-refractivity contribution is 0.174. The van der Waals surface area contributed by atoms with Gasteiger partial charge < -0.3 is 19.8 Å². The van der Waals surface area contributed by atoms with Gasteiger partial charge in [0.1, 0.15) is 6.33 Å². The van der Waals surface area contributed by atoms with Gasteiger partial charge in [-0.3, -0.25) is 0 Å².